The van der Waals surface area contributed by atoms with Crippen LogP contribution in [-0.4, -0.2) is 32.3 Å². The van der Waals surface area contributed by atoms with E-state index in [0.717, 1.165) is 9.87 Å². The number of carbonyl (C=O) groups is 2. The molecule has 0 spiro atoms. The van der Waals surface area contributed by atoms with Gasteiger partial charge in [0.25, 0.3) is 10.0 Å². The van der Waals surface area contributed by atoms with Gasteiger partial charge in [-0.05, 0) is 57.9 Å². The molecule has 1 aliphatic rings. The summed E-state index contributed by atoms with van der Waals surface area (Å²) in [5, 5.41) is 5.47. The van der Waals surface area contributed by atoms with Crippen molar-refractivity contribution in [2.24, 2.45) is 0 Å². The minimum atomic E-state index is -4.12. The number of nitrogens with one attached hydrogen (secondary N) is 2. The molecule has 1 aliphatic heterocycles. The minimum Gasteiger partial charge on any atom is -0.354 e. The van der Waals surface area contributed by atoms with Crippen LogP contribution in [0.3, 0.4) is 0 Å². The van der Waals surface area contributed by atoms with Crippen LogP contribution in [0.4, 0.5) is 11.4 Å². The normalized spacial score (nSPS) is 16.3. The Bertz CT molecular complexity index is 1090. The molecule has 2 aromatic carbocycles. The van der Waals surface area contributed by atoms with E-state index in [1.165, 1.54) is 0 Å². The van der Waals surface area contributed by atoms with Gasteiger partial charge in [-0.3, -0.25) is 13.9 Å². The molecule has 0 aliphatic carbocycles. The lowest BCUT2D eigenvalue weighted by atomic mass is 10.1. The molecular weight excluding hydrogens is 402 g/mol. The molecule has 0 saturated heterocycles. The van der Waals surface area contributed by atoms with Crippen LogP contribution in [0.25, 0.3) is 0 Å². The molecule has 2 N–H and O–H groups in total. The van der Waals surface area contributed by atoms with Crippen molar-refractivity contribution in [3.8, 4) is 0 Å². The molecule has 0 bridgehead atoms. The number of nitrogens with zero attached hydrogens (tertiary/aromatic N) is 1. The molecule has 160 valence electrons. The fourth-order valence-corrected chi connectivity index (χ4v) is 6.01. The van der Waals surface area contributed by atoms with E-state index in [2.05, 4.69) is 10.6 Å². The third-order valence-corrected chi connectivity index (χ3v) is 7.06. The van der Waals surface area contributed by atoms with Crippen LogP contribution in [0.15, 0.2) is 41.3 Å². The van der Waals surface area contributed by atoms with Gasteiger partial charge in [0.05, 0.1) is 22.7 Å². The van der Waals surface area contributed by atoms with Crippen LogP contribution in [0.5, 0.6) is 0 Å². The minimum absolute atomic E-state index is 0.122. The first kappa shape index (κ1) is 21.8. The predicted octanol–water partition coefficient (Wildman–Crippen LogP) is 3.04. The summed E-state index contributed by atoms with van der Waals surface area (Å²) < 4.78 is 28.9. The van der Waals surface area contributed by atoms with E-state index in [9.17, 15) is 18.0 Å². The van der Waals surface area contributed by atoms with E-state index in [1.807, 2.05) is 20.8 Å². The molecule has 2 amide bonds. The summed E-state index contributed by atoms with van der Waals surface area (Å²) in [6, 6.07) is 9.00. The van der Waals surface area contributed by atoms with Crippen LogP contribution < -0.4 is 14.9 Å². The first-order valence-electron chi connectivity index (χ1n) is 9.84. The van der Waals surface area contributed by atoms with Gasteiger partial charge in [-0.25, -0.2) is 8.42 Å². The van der Waals surface area contributed by atoms with Crippen molar-refractivity contribution in [3.05, 3.63) is 53.1 Å². The molecule has 0 aromatic heterocycles. The molecule has 1 heterocycles. The molecule has 0 saturated carbocycles. The SMILES string of the molecule is Cc1cc(C)c(S(=O)(=O)N2c3ccccc3NC(=O)C2CC(=O)NC(C)C)c(C)c1. The van der Waals surface area contributed by atoms with Crippen molar-refractivity contribution >= 4 is 33.2 Å². The topological polar surface area (TPSA) is 95.6 Å². The van der Waals surface area contributed by atoms with Crippen molar-refractivity contribution in [3.63, 3.8) is 0 Å². The molecule has 3 rings (SSSR count). The highest BCUT2D eigenvalue weighted by Crippen LogP contribution is 2.38. The average molecular weight is 430 g/mol. The van der Waals surface area contributed by atoms with E-state index >= 15 is 0 Å². The Kier molecular flexibility index (Phi) is 5.90. The van der Waals surface area contributed by atoms with Crippen molar-refractivity contribution in [2.45, 2.75) is 58.0 Å². The number of sulfonamides is 1. The maximum Gasteiger partial charge on any atom is 0.265 e. The van der Waals surface area contributed by atoms with E-state index in [1.54, 1.807) is 50.2 Å². The van der Waals surface area contributed by atoms with E-state index in [0.29, 0.717) is 22.5 Å². The number of amides is 2. The van der Waals surface area contributed by atoms with Crippen LogP contribution in [0.2, 0.25) is 0 Å². The van der Waals surface area contributed by atoms with Gasteiger partial charge < -0.3 is 10.6 Å². The number of para-hydroxylation sites is 2. The second-order valence-corrected chi connectivity index (χ2v) is 9.73. The number of carbonyl (C=O) groups excluding carboxylic acids is 2. The van der Waals surface area contributed by atoms with Crippen molar-refractivity contribution in [1.82, 2.24) is 5.32 Å². The first-order chi connectivity index (χ1) is 14.0. The molecule has 30 heavy (non-hydrogen) atoms. The highest BCUT2D eigenvalue weighted by Gasteiger charge is 2.42. The van der Waals surface area contributed by atoms with Gasteiger partial charge in [-0.15, -0.1) is 0 Å². The summed E-state index contributed by atoms with van der Waals surface area (Å²) in [7, 11) is -4.12. The number of fused-ring (bicyclic) bond motifs is 1. The van der Waals surface area contributed by atoms with E-state index < -0.39 is 22.0 Å². The largest absolute Gasteiger partial charge is 0.354 e. The van der Waals surface area contributed by atoms with E-state index in [4.69, 9.17) is 0 Å². The lowest BCUT2D eigenvalue weighted by Gasteiger charge is -2.37. The molecule has 0 fully saturated rings. The molecule has 7 nitrogen and oxygen atoms in total. The number of hydrogen-bond donors (Lipinski definition) is 2. The van der Waals surface area contributed by atoms with Gasteiger partial charge in [0.1, 0.15) is 6.04 Å². The zero-order valence-corrected chi connectivity index (χ0v) is 18.6. The molecule has 0 radical (unpaired) electrons. The number of benzene rings is 2. The third-order valence-electron chi connectivity index (χ3n) is 4.94. The van der Waals surface area contributed by atoms with Gasteiger partial charge >= 0.3 is 0 Å². The lowest BCUT2D eigenvalue weighted by Crippen LogP contribution is -2.53. The number of anilines is 2. The number of rotatable bonds is 5. The fourth-order valence-electron chi connectivity index (χ4n) is 3.96. The second-order valence-electron chi connectivity index (χ2n) is 7.98. The summed E-state index contributed by atoms with van der Waals surface area (Å²) in [5.41, 5.74) is 2.89. The average Bonchev–Trinajstić information content (AvgIpc) is 2.60. The Labute approximate surface area is 177 Å². The monoisotopic (exact) mass is 429 g/mol. The number of hydrogen-bond acceptors (Lipinski definition) is 4. The van der Waals surface area contributed by atoms with Crippen molar-refractivity contribution < 1.29 is 18.0 Å². The predicted molar refractivity (Wildman–Crippen MR) is 117 cm³/mol. The summed E-state index contributed by atoms with van der Waals surface area (Å²) in [6.45, 7) is 9.00. The second kappa shape index (κ2) is 8.10. The van der Waals surface area contributed by atoms with Gasteiger partial charge in [-0.1, -0.05) is 29.8 Å². The van der Waals surface area contributed by atoms with Crippen molar-refractivity contribution in [1.29, 1.82) is 0 Å². The Morgan fingerprint density at radius 1 is 1.13 bits per heavy atom. The number of aryl methyl sites for hydroxylation is 3. The first-order valence-corrected chi connectivity index (χ1v) is 11.3. The zero-order valence-electron chi connectivity index (χ0n) is 17.8. The van der Waals surface area contributed by atoms with E-state index in [-0.39, 0.29) is 23.3 Å². The van der Waals surface area contributed by atoms with Crippen LogP contribution in [0.1, 0.15) is 37.0 Å². The smallest absolute Gasteiger partial charge is 0.265 e. The summed E-state index contributed by atoms with van der Waals surface area (Å²) in [4.78, 5) is 25.5. The maximum absolute atomic E-state index is 13.9. The highest BCUT2D eigenvalue weighted by atomic mass is 32.2. The Morgan fingerprint density at radius 2 is 1.73 bits per heavy atom. The Balaban J connectivity index is 2.18. The molecule has 8 heteroatoms. The molecule has 1 atom stereocenters. The van der Waals surface area contributed by atoms with Gasteiger partial charge in [0, 0.05) is 6.04 Å². The Hall–Kier alpha value is -2.87. The maximum atomic E-state index is 13.9. The molecular formula is C22H27N3O4S. The van der Waals surface area contributed by atoms with Gasteiger partial charge in [-0.2, -0.15) is 0 Å². The fraction of sp³-hybridized carbons (Fsp3) is 0.364. The van der Waals surface area contributed by atoms with Gasteiger partial charge in [0.15, 0.2) is 0 Å². The summed E-state index contributed by atoms with van der Waals surface area (Å²) >= 11 is 0. The van der Waals surface area contributed by atoms with Crippen LogP contribution >= 0.6 is 0 Å². The highest BCUT2D eigenvalue weighted by molar-refractivity contribution is 7.93. The third kappa shape index (κ3) is 4.05. The Morgan fingerprint density at radius 3 is 2.33 bits per heavy atom. The molecule has 2 aromatic rings. The summed E-state index contributed by atoms with van der Waals surface area (Å²) in [5.74, 6) is -0.916. The zero-order chi connectivity index (χ0) is 22.2. The van der Waals surface area contributed by atoms with Gasteiger partial charge in [0.2, 0.25) is 11.8 Å². The quantitative estimate of drug-likeness (QED) is 0.764. The molecule has 1 unspecified atom stereocenters. The lowest BCUT2D eigenvalue weighted by molar-refractivity contribution is -0.125. The standard InChI is InChI=1S/C22H27N3O4S/c1-13(2)23-20(26)12-19-22(27)24-17-8-6-7-9-18(17)25(19)30(28,29)21-15(4)10-14(3)11-16(21)5/h6-11,13,19H,12H2,1-5H3,(H,23,26)(H,24,27). The summed E-state index contributed by atoms with van der Waals surface area (Å²) in [6.07, 6.45) is -0.276. The van der Waals surface area contributed by atoms with Crippen molar-refractivity contribution in [2.75, 3.05) is 9.62 Å². The van der Waals surface area contributed by atoms with Crippen LogP contribution in [-0.2, 0) is 19.6 Å². The van der Waals surface area contributed by atoms with Crippen LogP contribution in [0, 0.1) is 20.8 Å².